The molecule has 9 heteroatoms. The number of benzene rings is 2. The number of hydrogen-bond acceptors (Lipinski definition) is 4. The molecule has 4 rings (SSSR count). The van der Waals surface area contributed by atoms with Crippen molar-refractivity contribution < 1.29 is 22.8 Å². The lowest BCUT2D eigenvalue weighted by molar-refractivity contribution is -0.138. The first-order valence-electron chi connectivity index (χ1n) is 13.4. The fourth-order valence-electron chi connectivity index (χ4n) is 5.20. The molecule has 0 unspecified atom stereocenters. The van der Waals surface area contributed by atoms with Gasteiger partial charge in [0, 0.05) is 69.9 Å². The van der Waals surface area contributed by atoms with Crippen molar-refractivity contribution in [2.45, 2.75) is 44.3 Å². The minimum Gasteiger partial charge on any atom is -0.339 e. The Hall–Kier alpha value is -3.35. The molecular weight excluding hydrogens is 505 g/mol. The van der Waals surface area contributed by atoms with Crippen LogP contribution in [-0.4, -0.2) is 72.8 Å². The fraction of sp³-hybridized carbons (Fsp3) is 0.467. The number of carbonyl (C=O) groups is 2. The van der Waals surface area contributed by atoms with Crippen molar-refractivity contribution in [3.8, 4) is 12.3 Å². The van der Waals surface area contributed by atoms with Crippen molar-refractivity contribution in [3.63, 3.8) is 0 Å². The molecule has 1 N–H and O–H groups in total. The van der Waals surface area contributed by atoms with Gasteiger partial charge in [0.2, 0.25) is 5.91 Å². The molecule has 2 aliphatic rings. The molecule has 39 heavy (non-hydrogen) atoms. The summed E-state index contributed by atoms with van der Waals surface area (Å²) in [4.78, 5) is 30.9. The molecule has 2 saturated heterocycles. The molecule has 0 spiro atoms. The number of amides is 2. The van der Waals surface area contributed by atoms with E-state index in [0.717, 1.165) is 24.7 Å². The zero-order chi connectivity index (χ0) is 28.0. The summed E-state index contributed by atoms with van der Waals surface area (Å²) in [5.74, 6) is 2.18. The molecule has 0 atom stereocenters. The third-order valence-electron chi connectivity index (χ3n) is 7.60. The number of terminal acetylenes is 1. The molecule has 0 aromatic heterocycles. The van der Waals surface area contributed by atoms with E-state index in [1.165, 1.54) is 12.1 Å². The summed E-state index contributed by atoms with van der Waals surface area (Å²) in [5.41, 5.74) is 1.36. The maximum absolute atomic E-state index is 14.0. The topological polar surface area (TPSA) is 55.9 Å². The minimum absolute atomic E-state index is 0.0767. The second-order valence-electron chi connectivity index (χ2n) is 10.4. The zero-order valence-corrected chi connectivity index (χ0v) is 22.3. The zero-order valence-electron chi connectivity index (χ0n) is 22.3. The van der Waals surface area contributed by atoms with E-state index < -0.39 is 11.7 Å². The van der Waals surface area contributed by atoms with Crippen LogP contribution < -0.4 is 5.32 Å². The number of nitrogens with one attached hydrogen (secondary N) is 1. The fourth-order valence-corrected chi connectivity index (χ4v) is 5.20. The number of piperidine rings is 1. The summed E-state index contributed by atoms with van der Waals surface area (Å²) in [6.07, 6.45) is 2.76. The first kappa shape index (κ1) is 28.7. The molecule has 2 aromatic rings. The standard InChI is InChI=1S/C30H35F3N4O2/c1-3-4-5-28(38)34-26-10-8-22(9-11-26)23-12-14-37(15-13-23)29(39)24-6-7-25(27(20-24)30(31,32)33)21-36-18-16-35(2)17-19-36/h1,6-11,20,23H,4-5,12-19,21H2,2H3,(H,34,38). The van der Waals surface area contributed by atoms with Crippen LogP contribution in [0.5, 0.6) is 0 Å². The van der Waals surface area contributed by atoms with Gasteiger partial charge in [-0.05, 0) is 61.2 Å². The molecule has 2 aromatic carbocycles. The van der Waals surface area contributed by atoms with E-state index >= 15 is 0 Å². The van der Waals surface area contributed by atoms with Gasteiger partial charge in [0.25, 0.3) is 5.91 Å². The lowest BCUT2D eigenvalue weighted by Crippen LogP contribution is -2.44. The van der Waals surface area contributed by atoms with E-state index in [1.54, 1.807) is 4.90 Å². The van der Waals surface area contributed by atoms with Gasteiger partial charge >= 0.3 is 6.18 Å². The number of halogens is 3. The Kier molecular flexibility index (Phi) is 9.31. The number of alkyl halides is 3. The van der Waals surface area contributed by atoms with Gasteiger partial charge in [0.1, 0.15) is 0 Å². The Balaban J connectivity index is 1.36. The average Bonchev–Trinajstić information content (AvgIpc) is 2.93. The smallest absolute Gasteiger partial charge is 0.339 e. The summed E-state index contributed by atoms with van der Waals surface area (Å²) >= 11 is 0. The minimum atomic E-state index is -4.53. The van der Waals surface area contributed by atoms with E-state index in [4.69, 9.17) is 6.42 Å². The molecule has 0 aliphatic carbocycles. The van der Waals surface area contributed by atoms with Crippen molar-refractivity contribution in [2.75, 3.05) is 51.6 Å². The van der Waals surface area contributed by atoms with Crippen LogP contribution in [-0.2, 0) is 17.5 Å². The Bertz CT molecular complexity index is 1190. The molecule has 0 radical (unpaired) electrons. The number of hydrogen-bond donors (Lipinski definition) is 1. The van der Waals surface area contributed by atoms with Crippen molar-refractivity contribution >= 4 is 17.5 Å². The Labute approximate surface area is 228 Å². The van der Waals surface area contributed by atoms with Gasteiger partial charge in [-0.3, -0.25) is 14.5 Å². The third-order valence-corrected chi connectivity index (χ3v) is 7.60. The quantitative estimate of drug-likeness (QED) is 0.512. The van der Waals surface area contributed by atoms with Crippen LogP contribution >= 0.6 is 0 Å². The number of carbonyl (C=O) groups excluding carboxylic acids is 2. The maximum atomic E-state index is 14.0. The monoisotopic (exact) mass is 540 g/mol. The summed E-state index contributed by atoms with van der Waals surface area (Å²) in [6.45, 7) is 4.23. The molecule has 6 nitrogen and oxygen atoms in total. The summed E-state index contributed by atoms with van der Waals surface area (Å²) < 4.78 is 41.9. The Morgan fingerprint density at radius 1 is 1.00 bits per heavy atom. The summed E-state index contributed by atoms with van der Waals surface area (Å²) in [7, 11) is 2.00. The third kappa shape index (κ3) is 7.61. The highest BCUT2D eigenvalue weighted by Gasteiger charge is 2.35. The van der Waals surface area contributed by atoms with Crippen LogP contribution in [0.2, 0.25) is 0 Å². The van der Waals surface area contributed by atoms with Crippen LogP contribution in [0.25, 0.3) is 0 Å². The second kappa shape index (κ2) is 12.7. The van der Waals surface area contributed by atoms with E-state index in [2.05, 4.69) is 16.1 Å². The van der Waals surface area contributed by atoms with E-state index in [0.29, 0.717) is 51.1 Å². The van der Waals surface area contributed by atoms with Gasteiger partial charge < -0.3 is 15.1 Å². The summed E-state index contributed by atoms with van der Waals surface area (Å²) in [5, 5.41) is 2.82. The molecule has 0 bridgehead atoms. The van der Waals surface area contributed by atoms with Gasteiger partial charge in [-0.15, -0.1) is 12.3 Å². The predicted molar refractivity (Wildman–Crippen MR) is 145 cm³/mol. The highest BCUT2D eigenvalue weighted by molar-refractivity contribution is 5.94. The van der Waals surface area contributed by atoms with Gasteiger partial charge in [-0.25, -0.2) is 0 Å². The molecular formula is C30H35F3N4O2. The van der Waals surface area contributed by atoms with Gasteiger partial charge in [0.05, 0.1) is 5.56 Å². The van der Waals surface area contributed by atoms with Crippen LogP contribution in [0.1, 0.15) is 58.6 Å². The largest absolute Gasteiger partial charge is 0.416 e. The van der Waals surface area contributed by atoms with Crippen LogP contribution in [0.3, 0.4) is 0 Å². The molecule has 2 fully saturated rings. The number of likely N-dealkylation sites (tertiary alicyclic amines) is 1. The molecule has 2 aliphatic heterocycles. The van der Waals surface area contributed by atoms with Gasteiger partial charge in [0.15, 0.2) is 0 Å². The number of piperazine rings is 1. The Morgan fingerprint density at radius 3 is 2.28 bits per heavy atom. The second-order valence-corrected chi connectivity index (χ2v) is 10.4. The van der Waals surface area contributed by atoms with E-state index in [1.807, 2.05) is 36.2 Å². The van der Waals surface area contributed by atoms with Crippen molar-refractivity contribution in [1.29, 1.82) is 0 Å². The highest BCUT2D eigenvalue weighted by Crippen LogP contribution is 2.35. The van der Waals surface area contributed by atoms with Crippen LogP contribution in [0.4, 0.5) is 18.9 Å². The number of anilines is 1. The molecule has 0 saturated carbocycles. The molecule has 208 valence electrons. The van der Waals surface area contributed by atoms with Gasteiger partial charge in [-0.2, -0.15) is 13.2 Å². The van der Waals surface area contributed by atoms with E-state index in [9.17, 15) is 22.8 Å². The first-order chi connectivity index (χ1) is 18.6. The van der Waals surface area contributed by atoms with Crippen molar-refractivity contribution in [1.82, 2.24) is 14.7 Å². The number of rotatable bonds is 7. The van der Waals surface area contributed by atoms with Crippen LogP contribution in [0.15, 0.2) is 42.5 Å². The normalized spacial score (nSPS) is 17.6. The van der Waals surface area contributed by atoms with Crippen molar-refractivity contribution in [3.05, 3.63) is 64.7 Å². The highest BCUT2D eigenvalue weighted by atomic mass is 19.4. The van der Waals surface area contributed by atoms with E-state index in [-0.39, 0.29) is 41.8 Å². The Morgan fingerprint density at radius 2 is 1.67 bits per heavy atom. The predicted octanol–water partition coefficient (Wildman–Crippen LogP) is 4.82. The number of likely N-dealkylation sites (N-methyl/N-ethyl adjacent to an activating group) is 1. The number of nitrogens with zero attached hydrogens (tertiary/aromatic N) is 3. The van der Waals surface area contributed by atoms with Crippen LogP contribution in [0, 0.1) is 12.3 Å². The SMILES string of the molecule is C#CCCC(=O)Nc1ccc(C2CCN(C(=O)c3ccc(CN4CCN(C)CC4)c(C(F)(F)F)c3)CC2)cc1. The maximum Gasteiger partial charge on any atom is 0.416 e. The molecule has 2 heterocycles. The summed E-state index contributed by atoms with van der Waals surface area (Å²) in [6, 6.07) is 11.7. The van der Waals surface area contributed by atoms with Gasteiger partial charge in [-0.1, -0.05) is 18.2 Å². The lowest BCUT2D eigenvalue weighted by atomic mass is 9.89. The average molecular weight is 541 g/mol. The first-order valence-corrected chi connectivity index (χ1v) is 13.4. The molecule has 2 amide bonds. The lowest BCUT2D eigenvalue weighted by Gasteiger charge is -2.33. The van der Waals surface area contributed by atoms with Crippen molar-refractivity contribution in [2.24, 2.45) is 0 Å².